The molecule has 0 amide bonds. The van der Waals surface area contributed by atoms with Gasteiger partial charge in [-0.3, -0.25) is 0 Å². The van der Waals surface area contributed by atoms with Crippen LogP contribution in [-0.2, 0) is 9.47 Å². The number of aryl methyl sites for hydroxylation is 1. The van der Waals surface area contributed by atoms with E-state index in [0.29, 0.717) is 44.3 Å². The smallest absolute Gasteiger partial charge is 0.275 e. The first-order valence-electron chi connectivity index (χ1n) is 9.53. The minimum Gasteiger partial charge on any atom is -0.470 e. The third-order valence-corrected chi connectivity index (χ3v) is 4.99. The van der Waals surface area contributed by atoms with Crippen molar-refractivity contribution >= 4 is 28.5 Å². The Morgan fingerprint density at radius 3 is 2.25 bits per heavy atom. The summed E-state index contributed by atoms with van der Waals surface area (Å²) in [5.41, 5.74) is 5.26. The second kappa shape index (κ2) is 11.1. The summed E-state index contributed by atoms with van der Waals surface area (Å²) in [6.07, 6.45) is 0. The van der Waals surface area contributed by atoms with Crippen molar-refractivity contribution < 1.29 is 14.2 Å². The Hall–Kier alpha value is -2.03. The Bertz CT molecular complexity index is 784. The van der Waals surface area contributed by atoms with Crippen molar-refractivity contribution in [3.8, 4) is 5.19 Å². The highest BCUT2D eigenvalue weighted by atomic mass is 32.1. The van der Waals surface area contributed by atoms with E-state index in [-0.39, 0.29) is 0 Å². The lowest BCUT2D eigenvalue weighted by Crippen LogP contribution is -2.30. The Morgan fingerprint density at radius 2 is 1.64 bits per heavy atom. The van der Waals surface area contributed by atoms with Crippen LogP contribution in [0.15, 0.2) is 21.7 Å². The van der Waals surface area contributed by atoms with E-state index in [1.807, 2.05) is 32.2 Å². The summed E-state index contributed by atoms with van der Waals surface area (Å²) in [5, 5.41) is 11.2. The molecule has 0 bridgehead atoms. The van der Waals surface area contributed by atoms with E-state index in [2.05, 4.69) is 40.9 Å². The molecule has 0 unspecified atom stereocenters. The summed E-state index contributed by atoms with van der Waals surface area (Å²) in [4.78, 5) is 6.41. The third-order valence-electron chi connectivity index (χ3n) is 4.25. The van der Waals surface area contributed by atoms with E-state index < -0.39 is 0 Å². The van der Waals surface area contributed by atoms with E-state index in [1.165, 1.54) is 11.3 Å². The molecule has 0 aliphatic heterocycles. The first kappa shape index (κ1) is 22.3. The summed E-state index contributed by atoms with van der Waals surface area (Å²) >= 11 is 1.42. The fourth-order valence-corrected chi connectivity index (χ4v) is 3.44. The number of nitrogens with zero attached hydrogens (tertiary/aromatic N) is 4. The van der Waals surface area contributed by atoms with Crippen molar-refractivity contribution in [2.45, 2.75) is 41.5 Å². The number of anilines is 1. The van der Waals surface area contributed by atoms with Gasteiger partial charge in [-0.2, -0.15) is 4.98 Å². The lowest BCUT2D eigenvalue weighted by atomic mass is 10.0. The number of benzene rings is 1. The second-order valence-corrected chi connectivity index (χ2v) is 7.02. The maximum Gasteiger partial charge on any atom is 0.275 e. The minimum absolute atomic E-state index is 0.484. The summed E-state index contributed by atoms with van der Waals surface area (Å²) in [6.45, 7) is 15.0. The quantitative estimate of drug-likeness (QED) is 0.355. The van der Waals surface area contributed by atoms with Crippen LogP contribution in [0.2, 0.25) is 0 Å². The highest BCUT2D eigenvalue weighted by molar-refractivity contribution is 7.11. The summed E-state index contributed by atoms with van der Waals surface area (Å²) in [7, 11) is 0. The van der Waals surface area contributed by atoms with Gasteiger partial charge >= 0.3 is 0 Å². The van der Waals surface area contributed by atoms with Crippen LogP contribution in [0.3, 0.4) is 0 Å². The number of rotatable bonds is 11. The molecular formula is C20H30N4O3S. The van der Waals surface area contributed by atoms with Crippen LogP contribution in [0.25, 0.3) is 0 Å². The predicted octanol–water partition coefficient (Wildman–Crippen LogP) is 5.68. The number of thiazole rings is 1. The number of hydrogen-bond acceptors (Lipinski definition) is 8. The van der Waals surface area contributed by atoms with Crippen molar-refractivity contribution in [3.05, 3.63) is 28.1 Å². The van der Waals surface area contributed by atoms with Gasteiger partial charge in [0.1, 0.15) is 13.5 Å². The average molecular weight is 407 g/mol. The summed E-state index contributed by atoms with van der Waals surface area (Å²) in [6, 6.07) is 2.04. The lowest BCUT2D eigenvalue weighted by molar-refractivity contribution is 0.0957. The van der Waals surface area contributed by atoms with Crippen molar-refractivity contribution in [2.75, 3.05) is 38.2 Å². The summed E-state index contributed by atoms with van der Waals surface area (Å²) < 4.78 is 16.7. The van der Waals surface area contributed by atoms with Crippen LogP contribution < -0.4 is 9.64 Å². The largest absolute Gasteiger partial charge is 0.470 e. The molecule has 2 aromatic rings. The van der Waals surface area contributed by atoms with E-state index in [4.69, 9.17) is 14.2 Å². The van der Waals surface area contributed by atoms with E-state index in [9.17, 15) is 0 Å². The first-order valence-corrected chi connectivity index (χ1v) is 10.4. The monoisotopic (exact) mass is 406 g/mol. The Morgan fingerprint density at radius 1 is 0.964 bits per heavy atom. The van der Waals surface area contributed by atoms with Crippen molar-refractivity contribution in [3.63, 3.8) is 0 Å². The van der Waals surface area contributed by atoms with Crippen LogP contribution in [-0.4, -0.2) is 38.3 Å². The Balaban J connectivity index is 2.29. The molecule has 0 N–H and O–H groups in total. The number of aromatic nitrogens is 1. The normalized spacial score (nSPS) is 11.4. The molecule has 0 saturated heterocycles. The first-order chi connectivity index (χ1) is 13.5. The summed E-state index contributed by atoms with van der Waals surface area (Å²) in [5.74, 6) is 0.557. The highest BCUT2D eigenvalue weighted by Gasteiger charge is 2.17. The molecular weight excluding hydrogens is 376 g/mol. The lowest BCUT2D eigenvalue weighted by Gasteiger charge is -2.28. The van der Waals surface area contributed by atoms with Crippen molar-refractivity contribution in [1.82, 2.24) is 4.98 Å². The van der Waals surface area contributed by atoms with Crippen molar-refractivity contribution in [1.29, 1.82) is 0 Å². The average Bonchev–Trinajstić information content (AvgIpc) is 3.13. The molecule has 0 aliphatic carbocycles. The zero-order valence-electron chi connectivity index (χ0n) is 17.6. The van der Waals surface area contributed by atoms with Gasteiger partial charge in [-0.05, 0) is 64.3 Å². The topological polar surface area (TPSA) is 68.5 Å². The molecule has 0 spiro atoms. The standard InChI is InChI=1S/C20H30N4O3S/c1-7-25-12-24(13-26-8-2)19-14(4)10-17(15(5)16(19)6)22-23-18-11-28-20(21-18)27-9-3/h10-11H,7-9,12-13H2,1-6H3. The van der Waals surface area contributed by atoms with Crippen LogP contribution in [0.5, 0.6) is 5.19 Å². The molecule has 2 rings (SSSR count). The number of azo groups is 1. The van der Waals surface area contributed by atoms with Gasteiger partial charge in [-0.25, -0.2) is 0 Å². The maximum atomic E-state index is 5.64. The molecule has 1 aromatic carbocycles. The molecule has 0 saturated carbocycles. The maximum absolute atomic E-state index is 5.64. The molecule has 1 heterocycles. The molecule has 7 nitrogen and oxygen atoms in total. The predicted molar refractivity (Wildman–Crippen MR) is 114 cm³/mol. The fraction of sp³-hybridized carbons (Fsp3) is 0.550. The van der Waals surface area contributed by atoms with Gasteiger partial charge in [0, 0.05) is 24.3 Å². The third kappa shape index (κ3) is 5.73. The number of ether oxygens (including phenoxy) is 3. The molecule has 28 heavy (non-hydrogen) atoms. The molecule has 0 fully saturated rings. The van der Waals surface area contributed by atoms with E-state index in [1.54, 1.807) is 0 Å². The van der Waals surface area contributed by atoms with Gasteiger partial charge in [-0.1, -0.05) is 11.3 Å². The second-order valence-electron chi connectivity index (χ2n) is 6.20. The van der Waals surface area contributed by atoms with Crippen LogP contribution in [0, 0.1) is 20.8 Å². The van der Waals surface area contributed by atoms with Gasteiger partial charge in [0.2, 0.25) is 0 Å². The van der Waals surface area contributed by atoms with E-state index in [0.717, 1.165) is 28.1 Å². The Kier molecular flexibility index (Phi) is 8.82. The van der Waals surface area contributed by atoms with Crippen LogP contribution in [0.4, 0.5) is 17.2 Å². The zero-order valence-corrected chi connectivity index (χ0v) is 18.4. The Labute approximate surface area is 171 Å². The van der Waals surface area contributed by atoms with Gasteiger partial charge in [0.25, 0.3) is 5.19 Å². The van der Waals surface area contributed by atoms with Crippen molar-refractivity contribution in [2.24, 2.45) is 10.2 Å². The SMILES string of the molecule is CCOCN(COCC)c1c(C)cc(N=Nc2csc(OCC)n2)c(C)c1C. The zero-order chi connectivity index (χ0) is 20.5. The van der Waals surface area contributed by atoms with Gasteiger partial charge < -0.3 is 19.1 Å². The molecule has 0 atom stereocenters. The minimum atomic E-state index is 0.484. The molecule has 154 valence electrons. The van der Waals surface area contributed by atoms with Gasteiger partial charge in [0.05, 0.1) is 12.3 Å². The van der Waals surface area contributed by atoms with Crippen LogP contribution in [0.1, 0.15) is 37.5 Å². The van der Waals surface area contributed by atoms with E-state index >= 15 is 0 Å². The molecule has 1 aromatic heterocycles. The molecule has 8 heteroatoms. The fourth-order valence-electron chi connectivity index (χ4n) is 2.80. The van der Waals surface area contributed by atoms with Gasteiger partial charge in [0.15, 0.2) is 5.82 Å². The highest BCUT2D eigenvalue weighted by Crippen LogP contribution is 2.35. The molecule has 0 radical (unpaired) electrons. The number of hydrogen-bond donors (Lipinski definition) is 0. The molecule has 0 aliphatic rings. The van der Waals surface area contributed by atoms with Gasteiger partial charge in [-0.15, -0.1) is 10.2 Å². The van der Waals surface area contributed by atoms with Crippen LogP contribution >= 0.6 is 11.3 Å².